The van der Waals surface area contributed by atoms with Gasteiger partial charge in [0.2, 0.25) is 0 Å². The van der Waals surface area contributed by atoms with Crippen LogP contribution in [0.3, 0.4) is 0 Å². The molecule has 0 aliphatic carbocycles. The van der Waals surface area contributed by atoms with Gasteiger partial charge in [0, 0.05) is 11.3 Å². The number of benzene rings is 1. The quantitative estimate of drug-likeness (QED) is 0.321. The predicted molar refractivity (Wildman–Crippen MR) is 64.0 cm³/mol. The maximum absolute atomic E-state index is 11.2. The summed E-state index contributed by atoms with van der Waals surface area (Å²) in [6.45, 7) is 0. The number of hydrazine groups is 1. The summed E-state index contributed by atoms with van der Waals surface area (Å²) >= 11 is 1.55. The normalized spacial score (nSPS) is 10.2. The van der Waals surface area contributed by atoms with E-state index in [0.717, 1.165) is 16.5 Å². The van der Waals surface area contributed by atoms with Crippen LogP contribution in [0.1, 0.15) is 15.9 Å². The van der Waals surface area contributed by atoms with Crippen molar-refractivity contribution in [3.8, 4) is 0 Å². The van der Waals surface area contributed by atoms with Crippen LogP contribution in [0.4, 0.5) is 0 Å². The number of thioether (sulfide) groups is 1. The minimum absolute atomic E-state index is 0.292. The Labute approximate surface area is 102 Å². The summed E-state index contributed by atoms with van der Waals surface area (Å²) in [7, 11) is 0. The lowest BCUT2D eigenvalue weighted by Crippen LogP contribution is -2.29. The van der Waals surface area contributed by atoms with Crippen LogP contribution in [0.25, 0.3) is 0 Å². The molecule has 0 bridgehead atoms. The second kappa shape index (κ2) is 5.46. The monoisotopic (exact) mass is 249 g/mol. The predicted octanol–water partition coefficient (Wildman–Crippen LogP) is 0.700. The van der Waals surface area contributed by atoms with Gasteiger partial charge in [-0.15, -0.1) is 0 Å². The first-order valence-corrected chi connectivity index (χ1v) is 5.86. The van der Waals surface area contributed by atoms with Crippen molar-refractivity contribution in [3.05, 3.63) is 41.7 Å². The van der Waals surface area contributed by atoms with Gasteiger partial charge in [0.25, 0.3) is 5.91 Å². The van der Waals surface area contributed by atoms with Crippen molar-refractivity contribution < 1.29 is 4.79 Å². The number of nitrogen functional groups attached to an aromatic ring is 1. The molecule has 0 saturated carbocycles. The highest BCUT2D eigenvalue weighted by molar-refractivity contribution is 7.98. The van der Waals surface area contributed by atoms with Gasteiger partial charge in [0.05, 0.1) is 0 Å². The lowest BCUT2D eigenvalue weighted by molar-refractivity contribution is 0.0953. The summed E-state index contributed by atoms with van der Waals surface area (Å²) in [5, 5.41) is 7.30. The van der Waals surface area contributed by atoms with Gasteiger partial charge in [-0.05, 0) is 17.7 Å². The van der Waals surface area contributed by atoms with Crippen LogP contribution < -0.4 is 11.3 Å². The molecule has 0 spiro atoms. The number of carbonyl (C=O) groups excluding carboxylic acids is 1. The van der Waals surface area contributed by atoms with Gasteiger partial charge >= 0.3 is 0 Å². The standard InChI is InChI=1S/C10H11N5OS/c11-14-9(16)8-3-1-7(2-4-8)5-17-10-12-6-13-15-10/h1-4,6H,5,11H2,(H,14,16)(H,12,13,15). The maximum atomic E-state index is 11.2. The molecule has 0 radical (unpaired) electrons. The van der Waals surface area contributed by atoms with Crippen molar-refractivity contribution in [1.29, 1.82) is 0 Å². The van der Waals surface area contributed by atoms with Crippen molar-refractivity contribution in [3.63, 3.8) is 0 Å². The molecule has 1 amide bonds. The molecule has 0 saturated heterocycles. The Morgan fingerprint density at radius 1 is 1.41 bits per heavy atom. The number of carbonyl (C=O) groups is 1. The Morgan fingerprint density at radius 3 is 2.76 bits per heavy atom. The minimum atomic E-state index is -0.292. The molecule has 1 aromatic carbocycles. The Bertz CT molecular complexity index is 482. The third-order valence-corrected chi connectivity index (χ3v) is 3.06. The van der Waals surface area contributed by atoms with Crippen LogP contribution in [0.15, 0.2) is 35.7 Å². The highest BCUT2D eigenvalue weighted by Gasteiger charge is 2.03. The average molecular weight is 249 g/mol. The number of nitrogens with one attached hydrogen (secondary N) is 2. The summed E-state index contributed by atoms with van der Waals surface area (Å²) in [6.07, 6.45) is 1.47. The van der Waals surface area contributed by atoms with Crippen LogP contribution in [0.2, 0.25) is 0 Å². The molecular formula is C10H11N5OS. The SMILES string of the molecule is NNC(=O)c1ccc(CSc2ncn[nH]2)cc1. The zero-order valence-corrected chi connectivity index (χ0v) is 9.70. The fourth-order valence-corrected chi connectivity index (χ4v) is 1.99. The Morgan fingerprint density at radius 2 is 2.18 bits per heavy atom. The van der Waals surface area contributed by atoms with Gasteiger partial charge in [0.1, 0.15) is 6.33 Å². The highest BCUT2D eigenvalue weighted by Crippen LogP contribution is 2.18. The molecular weight excluding hydrogens is 238 g/mol. The van der Waals surface area contributed by atoms with Crippen LogP contribution in [-0.2, 0) is 5.75 Å². The molecule has 0 atom stereocenters. The van der Waals surface area contributed by atoms with Gasteiger partial charge < -0.3 is 0 Å². The second-order valence-corrected chi connectivity index (χ2v) is 4.21. The first kappa shape index (κ1) is 11.6. The summed E-state index contributed by atoms with van der Waals surface area (Å²) in [5.41, 5.74) is 3.73. The number of H-pyrrole nitrogens is 1. The number of hydrogen-bond donors (Lipinski definition) is 3. The number of hydrogen-bond acceptors (Lipinski definition) is 5. The lowest BCUT2D eigenvalue weighted by atomic mass is 10.1. The van der Waals surface area contributed by atoms with Crippen LogP contribution in [0, 0.1) is 0 Å². The molecule has 1 aromatic heterocycles. The van der Waals surface area contributed by atoms with Crippen molar-refractivity contribution in [2.75, 3.05) is 0 Å². The highest BCUT2D eigenvalue weighted by atomic mass is 32.2. The minimum Gasteiger partial charge on any atom is -0.290 e. The molecule has 2 aromatic rings. The molecule has 0 unspecified atom stereocenters. The Balaban J connectivity index is 1.96. The van der Waals surface area contributed by atoms with Crippen LogP contribution in [0.5, 0.6) is 0 Å². The average Bonchev–Trinajstić information content (AvgIpc) is 2.89. The molecule has 4 N–H and O–H groups in total. The number of aromatic amines is 1. The van der Waals surface area contributed by atoms with Crippen molar-refractivity contribution in [1.82, 2.24) is 20.6 Å². The van der Waals surface area contributed by atoms with Gasteiger partial charge in [-0.25, -0.2) is 10.8 Å². The second-order valence-electron chi connectivity index (χ2n) is 3.25. The third kappa shape index (κ3) is 3.05. The largest absolute Gasteiger partial charge is 0.290 e. The van der Waals surface area contributed by atoms with Crippen LogP contribution >= 0.6 is 11.8 Å². The van der Waals surface area contributed by atoms with E-state index in [0.29, 0.717) is 5.56 Å². The Kier molecular flexibility index (Phi) is 3.73. The van der Waals surface area contributed by atoms with Gasteiger partial charge in [0.15, 0.2) is 5.16 Å². The number of amides is 1. The summed E-state index contributed by atoms with van der Waals surface area (Å²) in [4.78, 5) is 15.2. The first-order valence-electron chi connectivity index (χ1n) is 4.87. The van der Waals surface area contributed by atoms with E-state index in [1.807, 2.05) is 12.1 Å². The first-order chi connectivity index (χ1) is 8.29. The maximum Gasteiger partial charge on any atom is 0.265 e. The molecule has 6 nitrogen and oxygen atoms in total. The van der Waals surface area contributed by atoms with E-state index in [-0.39, 0.29) is 5.91 Å². The smallest absolute Gasteiger partial charge is 0.265 e. The lowest BCUT2D eigenvalue weighted by Gasteiger charge is -2.02. The molecule has 88 valence electrons. The molecule has 0 aliphatic rings. The third-order valence-electron chi connectivity index (χ3n) is 2.12. The topological polar surface area (TPSA) is 96.7 Å². The summed E-state index contributed by atoms with van der Waals surface area (Å²) in [6, 6.07) is 7.23. The zero-order chi connectivity index (χ0) is 12.1. The number of aromatic nitrogens is 3. The van der Waals surface area contributed by atoms with E-state index in [9.17, 15) is 4.79 Å². The van der Waals surface area contributed by atoms with Crippen molar-refractivity contribution in [2.24, 2.45) is 5.84 Å². The molecule has 17 heavy (non-hydrogen) atoms. The van der Waals surface area contributed by atoms with E-state index in [1.165, 1.54) is 6.33 Å². The van der Waals surface area contributed by atoms with E-state index in [1.54, 1.807) is 23.9 Å². The Hall–Kier alpha value is -1.86. The molecule has 1 heterocycles. The molecule has 0 aliphatic heterocycles. The van der Waals surface area contributed by atoms with E-state index in [4.69, 9.17) is 5.84 Å². The van der Waals surface area contributed by atoms with Gasteiger partial charge in [-0.1, -0.05) is 23.9 Å². The van der Waals surface area contributed by atoms with E-state index in [2.05, 4.69) is 20.6 Å². The van der Waals surface area contributed by atoms with E-state index >= 15 is 0 Å². The molecule has 7 heteroatoms. The number of nitrogens with zero attached hydrogens (tertiary/aromatic N) is 2. The molecule has 0 fully saturated rings. The van der Waals surface area contributed by atoms with Gasteiger partial charge in [-0.3, -0.25) is 15.3 Å². The number of nitrogens with two attached hydrogens (primary N) is 1. The zero-order valence-electron chi connectivity index (χ0n) is 8.88. The van der Waals surface area contributed by atoms with E-state index < -0.39 is 0 Å². The van der Waals surface area contributed by atoms with Gasteiger partial charge in [-0.2, -0.15) is 5.10 Å². The van der Waals surface area contributed by atoms with Crippen LogP contribution in [-0.4, -0.2) is 21.1 Å². The fraction of sp³-hybridized carbons (Fsp3) is 0.100. The number of rotatable bonds is 4. The summed E-state index contributed by atoms with van der Waals surface area (Å²) < 4.78 is 0. The summed E-state index contributed by atoms with van der Waals surface area (Å²) in [5.74, 6) is 5.51. The fourth-order valence-electron chi connectivity index (χ4n) is 1.25. The van der Waals surface area contributed by atoms with Crippen molar-refractivity contribution in [2.45, 2.75) is 10.9 Å². The molecule has 2 rings (SSSR count). The van der Waals surface area contributed by atoms with Crippen molar-refractivity contribution >= 4 is 17.7 Å².